The normalized spacial score (nSPS) is 14.1. The maximum Gasteiger partial charge on any atom is 0.179 e. The molecule has 0 aliphatic heterocycles. The number of methoxy groups -OCH3 is 2. The van der Waals surface area contributed by atoms with E-state index in [0.29, 0.717) is 64.8 Å². The van der Waals surface area contributed by atoms with Gasteiger partial charge in [-0.2, -0.15) is 10.2 Å². The van der Waals surface area contributed by atoms with Gasteiger partial charge in [-0.3, -0.25) is 4.90 Å². The molecule has 12 nitrogen and oxygen atoms in total. The highest BCUT2D eigenvalue weighted by atomic mass is 32.2. The predicted octanol–water partition coefficient (Wildman–Crippen LogP) is 8.58. The second-order valence-electron chi connectivity index (χ2n) is 16.4. The van der Waals surface area contributed by atoms with Crippen LogP contribution in [0.2, 0.25) is 0 Å². The molecule has 0 N–H and O–H groups in total. The van der Waals surface area contributed by atoms with Crippen molar-refractivity contribution in [2.75, 3.05) is 84.0 Å². The molecule has 2 atom stereocenters. The van der Waals surface area contributed by atoms with E-state index in [1.54, 1.807) is 38.5 Å². The van der Waals surface area contributed by atoms with Crippen LogP contribution >= 0.6 is 0 Å². The average Bonchev–Trinajstić information content (AvgIpc) is 3.09. The number of benzene rings is 2. The summed E-state index contributed by atoms with van der Waals surface area (Å²) in [6.07, 6.45) is 2.10. The second kappa shape index (κ2) is 24.4. The van der Waals surface area contributed by atoms with Gasteiger partial charge in [0, 0.05) is 65.5 Å². The summed E-state index contributed by atoms with van der Waals surface area (Å²) in [6.45, 7) is 28.0. The van der Waals surface area contributed by atoms with Crippen molar-refractivity contribution in [2.45, 2.75) is 130 Å². The molecule has 0 aliphatic carbocycles. The lowest BCUT2D eigenvalue weighted by molar-refractivity contribution is -0.0735. The SMILES string of the molecule is COCCN(CCOC)CCS(=O)(=O)c1ccc(N=Nc2ccc(N(CCOC(C)(C)CC(C)OC(C)C)CCOC(C)(C)CC(C)OC(C)C)cc2C)cc1. The minimum absolute atomic E-state index is 0.00342. The van der Waals surface area contributed by atoms with Crippen molar-refractivity contribution in [3.8, 4) is 0 Å². The minimum Gasteiger partial charge on any atom is -0.383 e. The van der Waals surface area contributed by atoms with Crippen LogP contribution in [-0.4, -0.2) is 128 Å². The lowest BCUT2D eigenvalue weighted by atomic mass is 10.0. The first-order valence-electron chi connectivity index (χ1n) is 20.1. The van der Waals surface area contributed by atoms with Gasteiger partial charge in [0.1, 0.15) is 0 Å². The Hall–Kier alpha value is -2.49. The maximum atomic E-state index is 13.1. The molecule has 0 amide bonds. The largest absolute Gasteiger partial charge is 0.383 e. The lowest BCUT2D eigenvalue weighted by Gasteiger charge is -2.33. The molecular weight excluding hydrogens is 733 g/mol. The van der Waals surface area contributed by atoms with Crippen molar-refractivity contribution in [3.63, 3.8) is 0 Å². The first kappa shape index (κ1) is 49.7. The molecule has 13 heteroatoms. The van der Waals surface area contributed by atoms with Crippen molar-refractivity contribution in [3.05, 3.63) is 48.0 Å². The highest BCUT2D eigenvalue weighted by Crippen LogP contribution is 2.28. The quantitative estimate of drug-likeness (QED) is 0.0740. The van der Waals surface area contributed by atoms with Crippen molar-refractivity contribution < 1.29 is 36.8 Å². The van der Waals surface area contributed by atoms with Crippen LogP contribution < -0.4 is 4.90 Å². The molecule has 0 aliphatic rings. The summed E-state index contributed by atoms with van der Waals surface area (Å²) in [6, 6.07) is 12.7. The molecule has 2 aromatic carbocycles. The van der Waals surface area contributed by atoms with E-state index in [2.05, 4.69) is 90.4 Å². The summed E-state index contributed by atoms with van der Waals surface area (Å²) in [5, 5.41) is 8.96. The minimum atomic E-state index is -3.49. The molecule has 0 saturated carbocycles. The number of anilines is 1. The smallest absolute Gasteiger partial charge is 0.179 e. The number of rotatable bonds is 29. The molecule has 0 heterocycles. The van der Waals surface area contributed by atoms with E-state index in [-0.39, 0.29) is 46.3 Å². The third-order valence-electron chi connectivity index (χ3n) is 9.19. The van der Waals surface area contributed by atoms with Crippen LogP contribution in [0.5, 0.6) is 0 Å². The zero-order chi connectivity index (χ0) is 41.9. The molecular formula is C43H74N4O8S. The Morgan fingerprint density at radius 2 is 1.16 bits per heavy atom. The molecule has 56 heavy (non-hydrogen) atoms. The van der Waals surface area contributed by atoms with Gasteiger partial charge in [0.2, 0.25) is 0 Å². The van der Waals surface area contributed by atoms with Gasteiger partial charge in [0.25, 0.3) is 0 Å². The summed E-state index contributed by atoms with van der Waals surface area (Å²) >= 11 is 0. The number of nitrogens with zero attached hydrogens (tertiary/aromatic N) is 4. The Morgan fingerprint density at radius 1 is 0.661 bits per heavy atom. The van der Waals surface area contributed by atoms with Crippen LogP contribution in [0, 0.1) is 6.92 Å². The lowest BCUT2D eigenvalue weighted by Crippen LogP contribution is -2.38. The van der Waals surface area contributed by atoms with Crippen molar-refractivity contribution >= 4 is 26.9 Å². The molecule has 0 bridgehead atoms. The van der Waals surface area contributed by atoms with Gasteiger partial charge in [-0.1, -0.05) is 0 Å². The Labute approximate surface area is 339 Å². The van der Waals surface area contributed by atoms with E-state index in [0.717, 1.165) is 29.8 Å². The van der Waals surface area contributed by atoms with E-state index in [1.807, 2.05) is 24.0 Å². The number of hydrogen-bond donors (Lipinski definition) is 0. The highest BCUT2D eigenvalue weighted by molar-refractivity contribution is 7.91. The van der Waals surface area contributed by atoms with E-state index >= 15 is 0 Å². The van der Waals surface area contributed by atoms with Crippen molar-refractivity contribution in [1.29, 1.82) is 0 Å². The Kier molecular flexibility index (Phi) is 21.7. The molecule has 0 spiro atoms. The van der Waals surface area contributed by atoms with Gasteiger partial charge in [0.15, 0.2) is 9.84 Å². The standard InChI is InChI=1S/C43H74N4O8S/c1-33(2)54-36(6)31-42(8,9)52-27-22-47(23-28-53-43(10,11)32-37(7)55-34(3)4)39-16-19-41(35(5)30-39)45-44-38-14-17-40(18-15-38)56(48,49)29-24-46(20-25-50-12)21-26-51-13/h14-19,30,33-34,36-37H,20-29,31-32H2,1-13H3. The Balaban J connectivity index is 2.16. The zero-order valence-corrected chi connectivity index (χ0v) is 37.6. The van der Waals surface area contributed by atoms with Gasteiger partial charge in [0.05, 0.1) is 84.1 Å². The monoisotopic (exact) mass is 807 g/mol. The van der Waals surface area contributed by atoms with Gasteiger partial charge < -0.3 is 33.3 Å². The van der Waals surface area contributed by atoms with Crippen molar-refractivity contribution in [2.24, 2.45) is 10.2 Å². The Bertz CT molecular complexity index is 1490. The van der Waals surface area contributed by atoms with E-state index < -0.39 is 9.84 Å². The number of hydrogen-bond acceptors (Lipinski definition) is 12. The van der Waals surface area contributed by atoms with Crippen LogP contribution in [0.4, 0.5) is 17.1 Å². The molecule has 0 fully saturated rings. The number of aryl methyl sites for hydroxylation is 1. The van der Waals surface area contributed by atoms with Crippen LogP contribution in [-0.2, 0) is 38.3 Å². The van der Waals surface area contributed by atoms with Crippen LogP contribution in [0.25, 0.3) is 0 Å². The first-order valence-corrected chi connectivity index (χ1v) is 21.8. The molecule has 2 aromatic rings. The maximum absolute atomic E-state index is 13.1. The van der Waals surface area contributed by atoms with Crippen LogP contribution in [0.1, 0.15) is 87.6 Å². The molecule has 320 valence electrons. The molecule has 2 rings (SSSR count). The van der Waals surface area contributed by atoms with Gasteiger partial charge >= 0.3 is 0 Å². The second-order valence-corrected chi connectivity index (χ2v) is 18.5. The summed E-state index contributed by atoms with van der Waals surface area (Å²) < 4.78 is 61.4. The summed E-state index contributed by atoms with van der Waals surface area (Å²) in [4.78, 5) is 4.57. The molecule has 0 aromatic heterocycles. The van der Waals surface area contributed by atoms with Crippen LogP contribution in [0.15, 0.2) is 57.6 Å². The van der Waals surface area contributed by atoms with E-state index in [9.17, 15) is 8.42 Å². The fourth-order valence-electron chi connectivity index (χ4n) is 6.69. The van der Waals surface area contributed by atoms with Crippen molar-refractivity contribution in [1.82, 2.24) is 4.90 Å². The molecule has 0 saturated heterocycles. The molecule has 0 radical (unpaired) electrons. The van der Waals surface area contributed by atoms with E-state index in [1.165, 1.54) is 0 Å². The number of azo groups is 1. The fourth-order valence-corrected chi connectivity index (χ4v) is 7.97. The molecule has 2 unspecified atom stereocenters. The third kappa shape index (κ3) is 19.8. The number of ether oxygens (including phenoxy) is 6. The zero-order valence-electron chi connectivity index (χ0n) is 36.8. The topological polar surface area (TPSA) is 121 Å². The highest BCUT2D eigenvalue weighted by Gasteiger charge is 2.25. The van der Waals surface area contributed by atoms with Gasteiger partial charge in [-0.25, -0.2) is 8.42 Å². The van der Waals surface area contributed by atoms with Crippen LogP contribution in [0.3, 0.4) is 0 Å². The van der Waals surface area contributed by atoms with E-state index in [4.69, 9.17) is 28.4 Å². The summed E-state index contributed by atoms with van der Waals surface area (Å²) in [5.74, 6) is -0.00342. The summed E-state index contributed by atoms with van der Waals surface area (Å²) in [7, 11) is -0.225. The number of sulfone groups is 1. The van der Waals surface area contributed by atoms with Gasteiger partial charge in [-0.15, -0.1) is 0 Å². The van der Waals surface area contributed by atoms with Gasteiger partial charge in [-0.05, 0) is 124 Å². The third-order valence-corrected chi connectivity index (χ3v) is 10.9. The predicted molar refractivity (Wildman–Crippen MR) is 227 cm³/mol. The fraction of sp³-hybridized carbons (Fsp3) is 0.721. The summed E-state index contributed by atoms with van der Waals surface area (Å²) in [5.41, 5.74) is 2.60. The first-order chi connectivity index (χ1) is 26.3. The average molecular weight is 807 g/mol. The Morgan fingerprint density at radius 3 is 1.61 bits per heavy atom.